The largest absolute Gasteiger partial charge is 0.376 e. The summed E-state index contributed by atoms with van der Waals surface area (Å²) in [6.07, 6.45) is 0. The predicted molar refractivity (Wildman–Crippen MR) is 77.1 cm³/mol. The SMILES string of the molecule is CC(=O)Nc1ccc(F)c(NC(C)c2ccsc2)c1. The van der Waals surface area contributed by atoms with E-state index in [0.717, 1.165) is 5.56 Å². The highest BCUT2D eigenvalue weighted by Gasteiger charge is 2.10. The van der Waals surface area contributed by atoms with Gasteiger partial charge >= 0.3 is 0 Å². The molecule has 0 aliphatic rings. The third-order valence-corrected chi connectivity index (χ3v) is 3.40. The van der Waals surface area contributed by atoms with E-state index in [2.05, 4.69) is 10.6 Å². The van der Waals surface area contributed by atoms with Crippen LogP contribution in [0.15, 0.2) is 35.0 Å². The fraction of sp³-hybridized carbons (Fsp3) is 0.214. The molecule has 2 rings (SSSR count). The van der Waals surface area contributed by atoms with Gasteiger partial charge in [0.1, 0.15) is 5.82 Å². The van der Waals surface area contributed by atoms with Crippen LogP contribution in [-0.2, 0) is 4.79 Å². The zero-order valence-electron chi connectivity index (χ0n) is 10.7. The van der Waals surface area contributed by atoms with Gasteiger partial charge in [-0.2, -0.15) is 11.3 Å². The Hall–Kier alpha value is -1.88. The summed E-state index contributed by atoms with van der Waals surface area (Å²) in [7, 11) is 0. The van der Waals surface area contributed by atoms with E-state index in [-0.39, 0.29) is 17.8 Å². The van der Waals surface area contributed by atoms with Gasteiger partial charge in [0.2, 0.25) is 5.91 Å². The Morgan fingerprint density at radius 3 is 2.79 bits per heavy atom. The molecular formula is C14H15FN2OS. The number of nitrogens with one attached hydrogen (secondary N) is 2. The summed E-state index contributed by atoms with van der Waals surface area (Å²) in [6.45, 7) is 3.39. The van der Waals surface area contributed by atoms with Crippen LogP contribution in [-0.4, -0.2) is 5.91 Å². The Bertz CT molecular complexity index is 569. The van der Waals surface area contributed by atoms with E-state index >= 15 is 0 Å². The number of hydrogen-bond donors (Lipinski definition) is 2. The smallest absolute Gasteiger partial charge is 0.221 e. The molecule has 0 saturated carbocycles. The zero-order valence-corrected chi connectivity index (χ0v) is 11.6. The van der Waals surface area contributed by atoms with Crippen LogP contribution in [0.2, 0.25) is 0 Å². The molecule has 0 aliphatic carbocycles. The molecule has 1 atom stereocenters. The summed E-state index contributed by atoms with van der Waals surface area (Å²) in [5.74, 6) is -0.514. The molecule has 1 unspecified atom stereocenters. The molecule has 2 N–H and O–H groups in total. The molecule has 0 radical (unpaired) electrons. The highest BCUT2D eigenvalue weighted by Crippen LogP contribution is 2.25. The molecule has 0 aliphatic heterocycles. The van der Waals surface area contributed by atoms with Gasteiger partial charge < -0.3 is 10.6 Å². The Labute approximate surface area is 115 Å². The summed E-state index contributed by atoms with van der Waals surface area (Å²) < 4.78 is 13.7. The second-order valence-electron chi connectivity index (χ2n) is 4.30. The lowest BCUT2D eigenvalue weighted by Crippen LogP contribution is -2.09. The van der Waals surface area contributed by atoms with Crippen molar-refractivity contribution >= 4 is 28.6 Å². The Morgan fingerprint density at radius 2 is 2.16 bits per heavy atom. The molecule has 3 nitrogen and oxygen atoms in total. The molecule has 1 aromatic carbocycles. The number of hydrogen-bond acceptors (Lipinski definition) is 3. The number of carbonyl (C=O) groups excluding carboxylic acids is 1. The first-order valence-electron chi connectivity index (χ1n) is 5.92. The van der Waals surface area contributed by atoms with Crippen molar-refractivity contribution in [3.63, 3.8) is 0 Å². The molecule has 1 heterocycles. The summed E-state index contributed by atoms with van der Waals surface area (Å²) in [4.78, 5) is 11.0. The Balaban J connectivity index is 2.17. The van der Waals surface area contributed by atoms with Crippen LogP contribution in [0, 0.1) is 5.82 Å². The molecule has 0 bridgehead atoms. The van der Waals surface area contributed by atoms with Gasteiger partial charge in [-0.05, 0) is 47.5 Å². The Kier molecular flexibility index (Phi) is 4.16. The molecular weight excluding hydrogens is 263 g/mol. The summed E-state index contributed by atoms with van der Waals surface area (Å²) in [5.41, 5.74) is 2.06. The lowest BCUT2D eigenvalue weighted by molar-refractivity contribution is -0.114. The Morgan fingerprint density at radius 1 is 1.37 bits per heavy atom. The van der Waals surface area contributed by atoms with E-state index in [9.17, 15) is 9.18 Å². The van der Waals surface area contributed by atoms with E-state index < -0.39 is 0 Å². The fourth-order valence-corrected chi connectivity index (χ4v) is 2.51. The molecule has 2 aromatic rings. The van der Waals surface area contributed by atoms with Gasteiger partial charge in [0.25, 0.3) is 0 Å². The van der Waals surface area contributed by atoms with Crippen LogP contribution in [0.25, 0.3) is 0 Å². The normalized spacial score (nSPS) is 11.9. The molecule has 0 fully saturated rings. The van der Waals surface area contributed by atoms with Gasteiger partial charge in [-0.15, -0.1) is 0 Å². The van der Waals surface area contributed by atoms with E-state index in [1.54, 1.807) is 17.4 Å². The highest BCUT2D eigenvalue weighted by atomic mass is 32.1. The quantitative estimate of drug-likeness (QED) is 0.887. The number of amides is 1. The van der Waals surface area contributed by atoms with Crippen LogP contribution in [0.3, 0.4) is 0 Å². The maximum atomic E-state index is 13.7. The molecule has 0 spiro atoms. The predicted octanol–water partition coefficient (Wildman–Crippen LogP) is 4.02. The van der Waals surface area contributed by atoms with Crippen LogP contribution < -0.4 is 10.6 Å². The minimum absolute atomic E-state index is 0.00771. The van der Waals surface area contributed by atoms with Crippen molar-refractivity contribution in [3.05, 3.63) is 46.4 Å². The number of benzene rings is 1. The minimum atomic E-state index is -0.337. The van der Waals surface area contributed by atoms with Crippen LogP contribution in [0.4, 0.5) is 15.8 Å². The van der Waals surface area contributed by atoms with E-state index in [0.29, 0.717) is 11.4 Å². The van der Waals surface area contributed by atoms with Gasteiger partial charge in [-0.25, -0.2) is 4.39 Å². The molecule has 1 amide bonds. The van der Waals surface area contributed by atoms with E-state index in [4.69, 9.17) is 0 Å². The average molecular weight is 278 g/mol. The van der Waals surface area contributed by atoms with Crippen molar-refractivity contribution in [1.29, 1.82) is 0 Å². The lowest BCUT2D eigenvalue weighted by atomic mass is 10.1. The second-order valence-corrected chi connectivity index (χ2v) is 5.08. The summed E-state index contributed by atoms with van der Waals surface area (Å²) in [6, 6.07) is 6.48. The van der Waals surface area contributed by atoms with Crippen LogP contribution >= 0.6 is 11.3 Å². The van der Waals surface area contributed by atoms with E-state index in [1.807, 2.05) is 23.8 Å². The summed E-state index contributed by atoms with van der Waals surface area (Å²) in [5, 5.41) is 9.75. The van der Waals surface area contributed by atoms with E-state index in [1.165, 1.54) is 19.1 Å². The molecule has 19 heavy (non-hydrogen) atoms. The molecule has 100 valence electrons. The maximum absolute atomic E-state index is 13.7. The first-order valence-corrected chi connectivity index (χ1v) is 6.86. The van der Waals surface area contributed by atoms with Crippen LogP contribution in [0.1, 0.15) is 25.5 Å². The van der Waals surface area contributed by atoms with Crippen molar-refractivity contribution in [2.24, 2.45) is 0 Å². The molecule has 5 heteroatoms. The first-order chi connectivity index (χ1) is 9.06. The zero-order chi connectivity index (χ0) is 13.8. The third kappa shape index (κ3) is 3.54. The van der Waals surface area contributed by atoms with Gasteiger partial charge in [-0.1, -0.05) is 0 Å². The van der Waals surface area contributed by atoms with Crippen molar-refractivity contribution in [2.45, 2.75) is 19.9 Å². The topological polar surface area (TPSA) is 41.1 Å². The molecule has 0 saturated heterocycles. The number of carbonyl (C=O) groups is 1. The fourth-order valence-electron chi connectivity index (χ4n) is 1.75. The number of thiophene rings is 1. The second kappa shape index (κ2) is 5.84. The van der Waals surface area contributed by atoms with Crippen molar-refractivity contribution in [3.8, 4) is 0 Å². The monoisotopic (exact) mass is 278 g/mol. The average Bonchev–Trinajstić information content (AvgIpc) is 2.86. The van der Waals surface area contributed by atoms with Gasteiger partial charge in [0.15, 0.2) is 0 Å². The number of halogens is 1. The van der Waals surface area contributed by atoms with Crippen molar-refractivity contribution in [1.82, 2.24) is 0 Å². The highest BCUT2D eigenvalue weighted by molar-refractivity contribution is 7.07. The molecule has 1 aromatic heterocycles. The maximum Gasteiger partial charge on any atom is 0.221 e. The van der Waals surface area contributed by atoms with Gasteiger partial charge in [0.05, 0.1) is 5.69 Å². The van der Waals surface area contributed by atoms with Crippen LogP contribution in [0.5, 0.6) is 0 Å². The summed E-state index contributed by atoms with van der Waals surface area (Å²) >= 11 is 1.60. The first kappa shape index (κ1) is 13.5. The number of rotatable bonds is 4. The van der Waals surface area contributed by atoms with Gasteiger partial charge in [0, 0.05) is 18.7 Å². The number of anilines is 2. The lowest BCUT2D eigenvalue weighted by Gasteiger charge is -2.15. The van der Waals surface area contributed by atoms with Crippen molar-refractivity contribution < 1.29 is 9.18 Å². The van der Waals surface area contributed by atoms with Gasteiger partial charge in [-0.3, -0.25) is 4.79 Å². The standard InChI is InChI=1S/C14H15FN2OS/c1-9(11-5-6-19-8-11)16-14-7-12(17-10(2)18)3-4-13(14)15/h3-9,16H,1-2H3,(H,17,18). The minimum Gasteiger partial charge on any atom is -0.376 e. The third-order valence-electron chi connectivity index (χ3n) is 2.70. The van der Waals surface area contributed by atoms with Crippen molar-refractivity contribution in [2.75, 3.05) is 10.6 Å².